The van der Waals surface area contributed by atoms with Gasteiger partial charge in [-0.2, -0.15) is 0 Å². The summed E-state index contributed by atoms with van der Waals surface area (Å²) >= 11 is 0. The van der Waals surface area contributed by atoms with Crippen molar-refractivity contribution in [3.63, 3.8) is 0 Å². The molecule has 1 amide bonds. The van der Waals surface area contributed by atoms with E-state index in [4.69, 9.17) is 14.2 Å². The minimum absolute atomic E-state index is 0.223. The monoisotopic (exact) mass is 383 g/mol. The summed E-state index contributed by atoms with van der Waals surface area (Å²) in [6, 6.07) is 11.4. The molecule has 0 aliphatic carbocycles. The van der Waals surface area contributed by atoms with Crippen LogP contribution in [0.1, 0.15) is 36.1 Å². The molecule has 0 saturated carbocycles. The van der Waals surface area contributed by atoms with Gasteiger partial charge in [0.05, 0.1) is 38.9 Å². The maximum absolute atomic E-state index is 12.8. The predicted octanol–water partition coefficient (Wildman–Crippen LogP) is 3.57. The number of methoxy groups -OCH3 is 3. The number of nitrogens with one attached hydrogen (secondary N) is 1. The first kappa shape index (κ1) is 19.5. The molecule has 0 saturated heterocycles. The third-order valence-electron chi connectivity index (χ3n) is 4.52. The molecule has 1 aromatic heterocycles. The highest BCUT2D eigenvalue weighted by atomic mass is 16.5. The summed E-state index contributed by atoms with van der Waals surface area (Å²) in [5, 5.41) is 2.94. The summed E-state index contributed by atoms with van der Waals surface area (Å²) in [6.45, 7) is 4.50. The number of nitrogens with zero attached hydrogens (tertiary/aromatic N) is 2. The van der Waals surface area contributed by atoms with Crippen LogP contribution in [0.15, 0.2) is 36.4 Å². The fraction of sp³-hybridized carbons (Fsp3) is 0.333. The largest absolute Gasteiger partial charge is 0.493 e. The van der Waals surface area contributed by atoms with Crippen molar-refractivity contribution in [2.75, 3.05) is 21.3 Å². The second kappa shape index (κ2) is 8.21. The fourth-order valence-corrected chi connectivity index (χ4v) is 3.27. The Kier molecular flexibility index (Phi) is 5.73. The van der Waals surface area contributed by atoms with Crippen LogP contribution in [0.2, 0.25) is 0 Å². The number of benzene rings is 2. The van der Waals surface area contributed by atoms with Crippen LogP contribution < -0.4 is 19.5 Å². The van der Waals surface area contributed by atoms with Gasteiger partial charge in [0.25, 0.3) is 5.91 Å². The Balaban J connectivity index is 1.87. The number of ether oxygens (including phenoxy) is 3. The molecule has 0 spiro atoms. The third-order valence-corrected chi connectivity index (χ3v) is 4.52. The van der Waals surface area contributed by atoms with Crippen LogP contribution in [0.3, 0.4) is 0 Å². The zero-order valence-electron chi connectivity index (χ0n) is 16.8. The van der Waals surface area contributed by atoms with Crippen molar-refractivity contribution in [3.05, 3.63) is 47.8 Å². The number of imidazole rings is 1. The standard InChI is InChI=1S/C21H25N3O4/c1-13(2)24-16-9-7-6-8-15(16)23-19(24)12-22-21(25)14-10-17(26-3)20(28-5)18(11-14)27-4/h6-11,13H,12H2,1-5H3,(H,22,25). The molecule has 0 fully saturated rings. The Bertz CT molecular complexity index is 969. The van der Waals surface area contributed by atoms with Crippen LogP contribution in [0.5, 0.6) is 17.2 Å². The molecule has 0 bridgehead atoms. The number of rotatable bonds is 7. The van der Waals surface area contributed by atoms with Gasteiger partial charge in [0.1, 0.15) is 5.82 Å². The van der Waals surface area contributed by atoms with E-state index < -0.39 is 0 Å². The number of fused-ring (bicyclic) bond motifs is 1. The van der Waals surface area contributed by atoms with Crippen LogP contribution in [0.25, 0.3) is 11.0 Å². The number of hydrogen-bond acceptors (Lipinski definition) is 5. The molecule has 148 valence electrons. The fourth-order valence-electron chi connectivity index (χ4n) is 3.27. The predicted molar refractivity (Wildman–Crippen MR) is 107 cm³/mol. The lowest BCUT2D eigenvalue weighted by molar-refractivity contribution is 0.0948. The highest BCUT2D eigenvalue weighted by Gasteiger charge is 2.18. The lowest BCUT2D eigenvalue weighted by Gasteiger charge is -2.15. The van der Waals surface area contributed by atoms with Gasteiger partial charge in [0, 0.05) is 11.6 Å². The van der Waals surface area contributed by atoms with Crippen molar-refractivity contribution >= 4 is 16.9 Å². The van der Waals surface area contributed by atoms with Crippen molar-refractivity contribution in [2.45, 2.75) is 26.4 Å². The topological polar surface area (TPSA) is 74.6 Å². The minimum Gasteiger partial charge on any atom is -0.493 e. The Morgan fingerprint density at radius 1 is 1.07 bits per heavy atom. The van der Waals surface area contributed by atoms with Gasteiger partial charge in [0.15, 0.2) is 11.5 Å². The molecule has 7 heteroatoms. The Morgan fingerprint density at radius 2 is 1.71 bits per heavy atom. The maximum Gasteiger partial charge on any atom is 0.251 e. The maximum atomic E-state index is 12.8. The molecule has 3 aromatic rings. The van der Waals surface area contributed by atoms with E-state index >= 15 is 0 Å². The van der Waals surface area contributed by atoms with E-state index in [-0.39, 0.29) is 11.9 Å². The second-order valence-corrected chi connectivity index (χ2v) is 6.58. The number of para-hydroxylation sites is 2. The zero-order chi connectivity index (χ0) is 20.3. The van der Waals surface area contributed by atoms with E-state index in [0.717, 1.165) is 16.9 Å². The van der Waals surface area contributed by atoms with Crippen LogP contribution in [0.4, 0.5) is 0 Å². The highest BCUT2D eigenvalue weighted by Crippen LogP contribution is 2.38. The highest BCUT2D eigenvalue weighted by molar-refractivity contribution is 5.95. The lowest BCUT2D eigenvalue weighted by atomic mass is 10.1. The molecule has 0 atom stereocenters. The quantitative estimate of drug-likeness (QED) is 0.675. The third kappa shape index (κ3) is 3.60. The van der Waals surface area contributed by atoms with Gasteiger partial charge in [-0.3, -0.25) is 4.79 Å². The molecule has 7 nitrogen and oxygen atoms in total. The van der Waals surface area contributed by atoms with E-state index in [0.29, 0.717) is 29.4 Å². The smallest absolute Gasteiger partial charge is 0.251 e. The van der Waals surface area contributed by atoms with Gasteiger partial charge in [-0.05, 0) is 38.1 Å². The number of carbonyl (C=O) groups is 1. The van der Waals surface area contributed by atoms with Crippen molar-refractivity contribution in [2.24, 2.45) is 0 Å². The molecule has 0 radical (unpaired) electrons. The van der Waals surface area contributed by atoms with E-state index in [9.17, 15) is 4.79 Å². The van der Waals surface area contributed by atoms with Crippen molar-refractivity contribution in [1.82, 2.24) is 14.9 Å². The summed E-state index contributed by atoms with van der Waals surface area (Å²) in [4.78, 5) is 17.4. The van der Waals surface area contributed by atoms with Gasteiger partial charge in [-0.15, -0.1) is 0 Å². The van der Waals surface area contributed by atoms with E-state index in [2.05, 4.69) is 28.7 Å². The van der Waals surface area contributed by atoms with Gasteiger partial charge < -0.3 is 24.1 Å². The molecule has 2 aromatic carbocycles. The van der Waals surface area contributed by atoms with Crippen LogP contribution in [0, 0.1) is 0 Å². The van der Waals surface area contributed by atoms with Crippen molar-refractivity contribution in [1.29, 1.82) is 0 Å². The molecule has 0 aliphatic heterocycles. The number of aromatic nitrogens is 2. The molecule has 0 unspecified atom stereocenters. The van der Waals surface area contributed by atoms with Gasteiger partial charge in [-0.1, -0.05) is 12.1 Å². The summed E-state index contributed by atoms with van der Waals surface area (Å²) in [5.74, 6) is 1.87. The Labute approximate surface area is 164 Å². The van der Waals surface area contributed by atoms with Gasteiger partial charge in [0.2, 0.25) is 5.75 Å². The van der Waals surface area contributed by atoms with Gasteiger partial charge >= 0.3 is 0 Å². The summed E-state index contributed by atoms with van der Waals surface area (Å²) in [5.41, 5.74) is 2.38. The second-order valence-electron chi connectivity index (χ2n) is 6.58. The summed E-state index contributed by atoms with van der Waals surface area (Å²) in [6.07, 6.45) is 0. The van der Waals surface area contributed by atoms with E-state index in [1.165, 1.54) is 21.3 Å². The van der Waals surface area contributed by atoms with E-state index in [1.54, 1.807) is 12.1 Å². The average molecular weight is 383 g/mol. The minimum atomic E-state index is -0.249. The molecule has 1 N–H and O–H groups in total. The first-order valence-electron chi connectivity index (χ1n) is 9.04. The number of amides is 1. The first-order chi connectivity index (χ1) is 13.5. The average Bonchev–Trinajstić information content (AvgIpc) is 3.09. The first-order valence-corrected chi connectivity index (χ1v) is 9.04. The molecular weight excluding hydrogens is 358 g/mol. The molecule has 28 heavy (non-hydrogen) atoms. The van der Waals surface area contributed by atoms with Crippen LogP contribution in [-0.2, 0) is 6.54 Å². The number of hydrogen-bond donors (Lipinski definition) is 1. The number of carbonyl (C=O) groups excluding carboxylic acids is 1. The molecular formula is C21H25N3O4. The van der Waals surface area contributed by atoms with Gasteiger partial charge in [-0.25, -0.2) is 4.98 Å². The lowest BCUT2D eigenvalue weighted by Crippen LogP contribution is -2.25. The van der Waals surface area contributed by atoms with E-state index in [1.807, 2.05) is 24.3 Å². The Hall–Kier alpha value is -3.22. The Morgan fingerprint density at radius 3 is 2.29 bits per heavy atom. The van der Waals surface area contributed by atoms with Crippen molar-refractivity contribution < 1.29 is 19.0 Å². The molecule has 3 rings (SSSR count). The summed E-state index contributed by atoms with van der Waals surface area (Å²) < 4.78 is 18.1. The van der Waals surface area contributed by atoms with Crippen LogP contribution >= 0.6 is 0 Å². The molecule has 0 aliphatic rings. The summed E-state index contributed by atoms with van der Waals surface area (Å²) in [7, 11) is 4.56. The SMILES string of the molecule is COc1cc(C(=O)NCc2nc3ccccc3n2C(C)C)cc(OC)c1OC. The molecule has 1 heterocycles. The van der Waals surface area contributed by atoms with Crippen LogP contribution in [-0.4, -0.2) is 36.8 Å². The van der Waals surface area contributed by atoms with Crippen molar-refractivity contribution in [3.8, 4) is 17.2 Å². The normalized spacial score (nSPS) is 10.9. The zero-order valence-corrected chi connectivity index (χ0v) is 16.8.